The molecule has 0 saturated carbocycles. The van der Waals surface area contributed by atoms with E-state index in [4.69, 9.17) is 0 Å². The van der Waals surface area contributed by atoms with E-state index in [-0.39, 0.29) is 12.5 Å². The molecule has 1 atom stereocenters. The summed E-state index contributed by atoms with van der Waals surface area (Å²) in [6.45, 7) is 5.80. The first-order valence-electron chi connectivity index (χ1n) is 10.8. The van der Waals surface area contributed by atoms with Crippen LogP contribution in [0.4, 0.5) is 0 Å². The summed E-state index contributed by atoms with van der Waals surface area (Å²) in [6.07, 6.45) is 2.58. The SMILES string of the molecule is CC1CCCN(Cc2ccc(CNC(=O)Cn3c(=O)[nH]c(=O)c4ccccc43)cc2)C1. The lowest BCUT2D eigenvalue weighted by Gasteiger charge is -2.30. The smallest absolute Gasteiger partial charge is 0.329 e. The lowest BCUT2D eigenvalue weighted by molar-refractivity contribution is -0.121. The van der Waals surface area contributed by atoms with Crippen molar-refractivity contribution in [1.82, 2.24) is 19.8 Å². The summed E-state index contributed by atoms with van der Waals surface area (Å²) in [5.74, 6) is 0.473. The van der Waals surface area contributed by atoms with E-state index in [0.717, 1.165) is 31.1 Å². The lowest BCUT2D eigenvalue weighted by atomic mass is 9.99. The van der Waals surface area contributed by atoms with E-state index in [9.17, 15) is 14.4 Å². The molecule has 1 fully saturated rings. The number of para-hydroxylation sites is 1. The maximum atomic E-state index is 12.5. The van der Waals surface area contributed by atoms with Crippen LogP contribution in [0.15, 0.2) is 58.1 Å². The molecule has 2 N–H and O–H groups in total. The highest BCUT2D eigenvalue weighted by Gasteiger charge is 2.16. The molecule has 162 valence electrons. The monoisotopic (exact) mass is 420 g/mol. The van der Waals surface area contributed by atoms with E-state index in [0.29, 0.717) is 17.4 Å². The largest absolute Gasteiger partial charge is 0.350 e. The van der Waals surface area contributed by atoms with Crippen LogP contribution in [-0.4, -0.2) is 33.4 Å². The number of piperidine rings is 1. The quantitative estimate of drug-likeness (QED) is 0.640. The van der Waals surface area contributed by atoms with Gasteiger partial charge in [0.05, 0.1) is 10.9 Å². The second-order valence-electron chi connectivity index (χ2n) is 8.44. The average molecular weight is 421 g/mol. The summed E-state index contributed by atoms with van der Waals surface area (Å²) in [7, 11) is 0. The Morgan fingerprint density at radius 1 is 1.10 bits per heavy atom. The number of aromatic nitrogens is 2. The molecule has 1 aliphatic rings. The topological polar surface area (TPSA) is 87.2 Å². The normalized spacial score (nSPS) is 17.0. The first kappa shape index (κ1) is 21.1. The second kappa shape index (κ2) is 9.31. The Labute approximate surface area is 180 Å². The third kappa shape index (κ3) is 5.11. The molecule has 7 heteroatoms. The minimum Gasteiger partial charge on any atom is -0.350 e. The number of nitrogens with one attached hydrogen (secondary N) is 2. The van der Waals surface area contributed by atoms with E-state index in [2.05, 4.69) is 34.3 Å². The van der Waals surface area contributed by atoms with Crippen LogP contribution in [0.25, 0.3) is 10.9 Å². The van der Waals surface area contributed by atoms with Crippen LogP contribution >= 0.6 is 0 Å². The van der Waals surface area contributed by atoms with Crippen molar-refractivity contribution in [3.05, 3.63) is 80.5 Å². The number of nitrogens with zero attached hydrogens (tertiary/aromatic N) is 2. The van der Waals surface area contributed by atoms with Gasteiger partial charge in [-0.15, -0.1) is 0 Å². The van der Waals surface area contributed by atoms with Crippen molar-refractivity contribution in [2.24, 2.45) is 5.92 Å². The number of amides is 1. The highest BCUT2D eigenvalue weighted by molar-refractivity contribution is 5.81. The van der Waals surface area contributed by atoms with Gasteiger partial charge in [-0.3, -0.25) is 24.0 Å². The van der Waals surface area contributed by atoms with Gasteiger partial charge in [0.1, 0.15) is 6.54 Å². The fraction of sp³-hybridized carbons (Fsp3) is 0.375. The molecule has 1 saturated heterocycles. The maximum absolute atomic E-state index is 12.5. The number of carbonyl (C=O) groups is 1. The summed E-state index contributed by atoms with van der Waals surface area (Å²) < 4.78 is 1.29. The van der Waals surface area contributed by atoms with Gasteiger partial charge in [0, 0.05) is 19.6 Å². The fourth-order valence-electron chi connectivity index (χ4n) is 4.25. The number of benzene rings is 2. The van der Waals surface area contributed by atoms with E-state index in [1.54, 1.807) is 24.3 Å². The molecule has 1 aliphatic heterocycles. The summed E-state index contributed by atoms with van der Waals surface area (Å²) in [5.41, 5.74) is 1.69. The number of hydrogen-bond acceptors (Lipinski definition) is 4. The van der Waals surface area contributed by atoms with Crippen molar-refractivity contribution >= 4 is 16.8 Å². The number of carbonyl (C=O) groups excluding carboxylic acids is 1. The minimum absolute atomic E-state index is 0.151. The number of hydrogen-bond donors (Lipinski definition) is 2. The van der Waals surface area contributed by atoms with Gasteiger partial charge in [-0.2, -0.15) is 0 Å². The van der Waals surface area contributed by atoms with E-state index < -0.39 is 11.2 Å². The highest BCUT2D eigenvalue weighted by atomic mass is 16.2. The van der Waals surface area contributed by atoms with Crippen molar-refractivity contribution < 1.29 is 4.79 Å². The van der Waals surface area contributed by atoms with Crippen LogP contribution in [0.3, 0.4) is 0 Å². The molecule has 7 nitrogen and oxygen atoms in total. The van der Waals surface area contributed by atoms with Crippen LogP contribution in [0.5, 0.6) is 0 Å². The first-order chi connectivity index (χ1) is 15.0. The van der Waals surface area contributed by atoms with Crippen LogP contribution in [0.1, 0.15) is 30.9 Å². The van der Waals surface area contributed by atoms with Gasteiger partial charge in [-0.1, -0.05) is 43.3 Å². The lowest BCUT2D eigenvalue weighted by Crippen LogP contribution is -2.36. The third-order valence-electron chi connectivity index (χ3n) is 5.87. The van der Waals surface area contributed by atoms with Crippen molar-refractivity contribution in [3.63, 3.8) is 0 Å². The van der Waals surface area contributed by atoms with Crippen LogP contribution < -0.4 is 16.6 Å². The average Bonchev–Trinajstić information content (AvgIpc) is 2.76. The third-order valence-corrected chi connectivity index (χ3v) is 5.87. The van der Waals surface area contributed by atoms with Crippen LogP contribution in [0, 0.1) is 5.92 Å². The summed E-state index contributed by atoms with van der Waals surface area (Å²) in [5, 5.41) is 3.24. The predicted octanol–water partition coefficient (Wildman–Crippen LogP) is 2.24. The molecule has 0 spiro atoms. The molecular formula is C24H28N4O3. The molecule has 1 amide bonds. The first-order valence-corrected chi connectivity index (χ1v) is 10.8. The second-order valence-corrected chi connectivity index (χ2v) is 8.44. The van der Waals surface area contributed by atoms with Crippen LogP contribution in [-0.2, 0) is 24.4 Å². The molecular weight excluding hydrogens is 392 g/mol. The molecule has 4 rings (SSSR count). The van der Waals surface area contributed by atoms with Gasteiger partial charge in [0.2, 0.25) is 5.91 Å². The zero-order chi connectivity index (χ0) is 21.8. The number of fused-ring (bicyclic) bond motifs is 1. The Kier molecular flexibility index (Phi) is 6.32. The molecule has 3 aromatic rings. The molecule has 2 heterocycles. The van der Waals surface area contributed by atoms with Gasteiger partial charge >= 0.3 is 5.69 Å². The molecule has 0 aliphatic carbocycles. The molecule has 0 bridgehead atoms. The predicted molar refractivity (Wildman–Crippen MR) is 121 cm³/mol. The van der Waals surface area contributed by atoms with Crippen molar-refractivity contribution in [1.29, 1.82) is 0 Å². The number of likely N-dealkylation sites (tertiary alicyclic amines) is 1. The maximum Gasteiger partial charge on any atom is 0.329 e. The minimum atomic E-state index is -0.588. The Bertz CT molecular complexity index is 1180. The summed E-state index contributed by atoms with van der Waals surface area (Å²) >= 11 is 0. The van der Waals surface area contributed by atoms with Gasteiger partial charge in [-0.05, 0) is 48.6 Å². The molecule has 0 radical (unpaired) electrons. The molecule has 1 unspecified atom stereocenters. The highest BCUT2D eigenvalue weighted by Crippen LogP contribution is 2.18. The Morgan fingerprint density at radius 3 is 2.61 bits per heavy atom. The molecule has 1 aromatic heterocycles. The Balaban J connectivity index is 1.36. The Hall–Kier alpha value is -3.19. The molecule has 2 aromatic carbocycles. The summed E-state index contributed by atoms with van der Waals surface area (Å²) in [4.78, 5) is 41.4. The van der Waals surface area contributed by atoms with Gasteiger partial charge in [0.15, 0.2) is 0 Å². The van der Waals surface area contributed by atoms with E-state index in [1.165, 1.54) is 23.0 Å². The number of H-pyrrole nitrogens is 1. The van der Waals surface area contributed by atoms with Gasteiger partial charge in [0.25, 0.3) is 5.56 Å². The van der Waals surface area contributed by atoms with Crippen molar-refractivity contribution in [2.75, 3.05) is 13.1 Å². The summed E-state index contributed by atoms with van der Waals surface area (Å²) in [6, 6.07) is 15.1. The number of rotatable bonds is 6. The van der Waals surface area contributed by atoms with Crippen molar-refractivity contribution in [3.8, 4) is 0 Å². The van der Waals surface area contributed by atoms with Gasteiger partial charge < -0.3 is 5.32 Å². The van der Waals surface area contributed by atoms with E-state index in [1.807, 2.05) is 12.1 Å². The molecule has 31 heavy (non-hydrogen) atoms. The van der Waals surface area contributed by atoms with Crippen LogP contribution in [0.2, 0.25) is 0 Å². The zero-order valence-electron chi connectivity index (χ0n) is 17.8. The Morgan fingerprint density at radius 2 is 1.84 bits per heavy atom. The standard InChI is InChI=1S/C24H28N4O3/c1-17-5-4-12-27(14-17)15-19-10-8-18(9-11-19)13-25-22(29)16-28-21-7-3-2-6-20(21)23(30)26-24(28)31/h2-3,6-11,17H,4-5,12-16H2,1H3,(H,25,29)(H,26,30,31). The van der Waals surface area contributed by atoms with E-state index >= 15 is 0 Å². The van der Waals surface area contributed by atoms with Crippen molar-refractivity contribution in [2.45, 2.75) is 39.4 Å². The van der Waals surface area contributed by atoms with Gasteiger partial charge in [-0.25, -0.2) is 4.79 Å². The fourth-order valence-corrected chi connectivity index (χ4v) is 4.25. The zero-order valence-corrected chi connectivity index (χ0v) is 17.8. The number of aromatic amines is 1.